The van der Waals surface area contributed by atoms with Crippen LogP contribution in [-0.2, 0) is 14.8 Å². The first-order valence-corrected chi connectivity index (χ1v) is 7.25. The van der Waals surface area contributed by atoms with E-state index in [2.05, 4.69) is 4.72 Å². The number of carbonyl (C=O) groups is 1. The van der Waals surface area contributed by atoms with Crippen LogP contribution in [0.4, 0.5) is 0 Å². The molecule has 7 heteroatoms. The maximum Gasteiger partial charge on any atom is 0.324 e. The largest absolute Gasteiger partial charge is 0.480 e. The summed E-state index contributed by atoms with van der Waals surface area (Å²) >= 11 is 5.67. The monoisotopic (exact) mass is 289 g/mol. The summed E-state index contributed by atoms with van der Waals surface area (Å²) in [4.78, 5) is 11.1. The molecule has 1 aromatic rings. The van der Waals surface area contributed by atoms with Crippen molar-refractivity contribution in [1.29, 1.82) is 0 Å². The van der Waals surface area contributed by atoms with Crippen molar-refractivity contribution in [2.45, 2.75) is 29.7 Å². The number of aliphatic carboxylic acids is 1. The Bertz CT molecular complexity index is 563. The van der Waals surface area contributed by atoms with E-state index in [0.29, 0.717) is 24.3 Å². The highest BCUT2D eigenvalue weighted by Crippen LogP contribution is 2.33. The number of benzene rings is 1. The zero-order valence-electron chi connectivity index (χ0n) is 9.39. The van der Waals surface area contributed by atoms with Crippen LogP contribution in [0.3, 0.4) is 0 Å². The zero-order chi connectivity index (χ0) is 13.4. The molecule has 0 saturated heterocycles. The van der Waals surface area contributed by atoms with Gasteiger partial charge in [0, 0.05) is 5.02 Å². The minimum atomic E-state index is -3.83. The van der Waals surface area contributed by atoms with Gasteiger partial charge in [0.05, 0.1) is 4.90 Å². The van der Waals surface area contributed by atoms with Crippen LogP contribution in [0, 0.1) is 0 Å². The van der Waals surface area contributed by atoms with Crippen LogP contribution >= 0.6 is 11.6 Å². The van der Waals surface area contributed by atoms with Crippen LogP contribution in [-0.4, -0.2) is 25.0 Å². The van der Waals surface area contributed by atoms with Crippen molar-refractivity contribution in [2.75, 3.05) is 0 Å². The molecule has 1 aromatic carbocycles. The topological polar surface area (TPSA) is 83.5 Å². The Morgan fingerprint density at radius 1 is 1.28 bits per heavy atom. The Balaban J connectivity index is 2.27. The van der Waals surface area contributed by atoms with Gasteiger partial charge in [-0.25, -0.2) is 8.42 Å². The van der Waals surface area contributed by atoms with Crippen molar-refractivity contribution >= 4 is 27.6 Å². The molecular formula is C11H12ClNO4S. The van der Waals surface area contributed by atoms with E-state index in [4.69, 9.17) is 16.7 Å². The van der Waals surface area contributed by atoms with Gasteiger partial charge >= 0.3 is 5.97 Å². The molecule has 1 aliphatic rings. The summed E-state index contributed by atoms with van der Waals surface area (Å²) in [6.45, 7) is 0. The third-order valence-corrected chi connectivity index (χ3v) is 4.87. The van der Waals surface area contributed by atoms with E-state index in [1.165, 1.54) is 24.3 Å². The molecule has 1 fully saturated rings. The first-order chi connectivity index (χ1) is 8.36. The summed E-state index contributed by atoms with van der Waals surface area (Å²) < 4.78 is 26.3. The predicted molar refractivity (Wildman–Crippen MR) is 66.0 cm³/mol. The van der Waals surface area contributed by atoms with Gasteiger partial charge in [-0.3, -0.25) is 4.79 Å². The van der Waals surface area contributed by atoms with E-state index in [-0.39, 0.29) is 4.90 Å². The van der Waals surface area contributed by atoms with Crippen LogP contribution in [0.5, 0.6) is 0 Å². The van der Waals surface area contributed by atoms with Crippen molar-refractivity contribution in [3.8, 4) is 0 Å². The van der Waals surface area contributed by atoms with E-state index in [1.807, 2.05) is 0 Å². The highest BCUT2D eigenvalue weighted by atomic mass is 35.5. The van der Waals surface area contributed by atoms with E-state index in [0.717, 1.165) is 0 Å². The zero-order valence-corrected chi connectivity index (χ0v) is 11.0. The minimum Gasteiger partial charge on any atom is -0.480 e. The molecule has 5 nitrogen and oxygen atoms in total. The molecule has 2 N–H and O–H groups in total. The lowest BCUT2D eigenvalue weighted by molar-refractivity contribution is -0.147. The molecule has 18 heavy (non-hydrogen) atoms. The smallest absolute Gasteiger partial charge is 0.324 e. The molecule has 0 aromatic heterocycles. The molecule has 2 rings (SSSR count). The molecule has 1 saturated carbocycles. The Morgan fingerprint density at radius 3 is 2.22 bits per heavy atom. The quantitative estimate of drug-likeness (QED) is 0.882. The minimum absolute atomic E-state index is 0.0134. The fourth-order valence-corrected chi connectivity index (χ4v) is 3.36. The Morgan fingerprint density at radius 2 is 1.83 bits per heavy atom. The lowest BCUT2D eigenvalue weighted by Gasteiger charge is -2.37. The van der Waals surface area contributed by atoms with Gasteiger partial charge in [-0.05, 0) is 43.5 Å². The Kier molecular flexibility index (Phi) is 3.35. The van der Waals surface area contributed by atoms with Crippen LogP contribution in [0.2, 0.25) is 5.02 Å². The van der Waals surface area contributed by atoms with Crippen molar-refractivity contribution in [1.82, 2.24) is 4.72 Å². The SMILES string of the molecule is O=C(O)C1(NS(=O)(=O)c2ccc(Cl)cc2)CCC1. The fourth-order valence-electron chi connectivity index (χ4n) is 1.82. The van der Waals surface area contributed by atoms with Gasteiger partial charge in [0.2, 0.25) is 10.0 Å². The fraction of sp³-hybridized carbons (Fsp3) is 0.364. The van der Waals surface area contributed by atoms with Gasteiger partial charge in [-0.2, -0.15) is 4.72 Å². The summed E-state index contributed by atoms with van der Waals surface area (Å²) in [5.74, 6) is -1.13. The van der Waals surface area contributed by atoms with Crippen LogP contribution in [0.25, 0.3) is 0 Å². The first kappa shape index (κ1) is 13.3. The van der Waals surface area contributed by atoms with E-state index < -0.39 is 21.5 Å². The number of nitrogens with one attached hydrogen (secondary N) is 1. The maximum absolute atomic E-state index is 12.0. The van der Waals surface area contributed by atoms with Crippen LogP contribution in [0.15, 0.2) is 29.2 Å². The molecular weight excluding hydrogens is 278 g/mol. The van der Waals surface area contributed by atoms with Crippen molar-refractivity contribution in [3.63, 3.8) is 0 Å². The maximum atomic E-state index is 12.0. The molecule has 0 radical (unpaired) electrons. The lowest BCUT2D eigenvalue weighted by Crippen LogP contribution is -2.58. The number of rotatable bonds is 4. The van der Waals surface area contributed by atoms with Gasteiger partial charge in [0.1, 0.15) is 5.54 Å². The number of carboxylic acid groups (broad SMARTS) is 1. The van der Waals surface area contributed by atoms with E-state index in [1.54, 1.807) is 0 Å². The van der Waals surface area contributed by atoms with E-state index >= 15 is 0 Å². The molecule has 0 amide bonds. The molecule has 0 spiro atoms. The summed E-state index contributed by atoms with van der Waals surface area (Å²) in [7, 11) is -3.83. The van der Waals surface area contributed by atoms with E-state index in [9.17, 15) is 13.2 Å². The second kappa shape index (κ2) is 4.53. The standard InChI is InChI=1S/C11H12ClNO4S/c12-8-2-4-9(5-3-8)18(16,17)13-11(10(14)15)6-1-7-11/h2-5,13H,1,6-7H2,(H,14,15). The van der Waals surface area contributed by atoms with Crippen molar-refractivity contribution in [3.05, 3.63) is 29.3 Å². The third-order valence-electron chi connectivity index (χ3n) is 3.07. The molecule has 0 unspecified atom stereocenters. The summed E-state index contributed by atoms with van der Waals surface area (Å²) in [5.41, 5.74) is -1.35. The second-order valence-corrected chi connectivity index (χ2v) is 6.42. The lowest BCUT2D eigenvalue weighted by atomic mass is 9.78. The number of sulfonamides is 1. The second-order valence-electron chi connectivity index (χ2n) is 4.30. The van der Waals surface area contributed by atoms with Gasteiger partial charge in [0.15, 0.2) is 0 Å². The average Bonchev–Trinajstić information content (AvgIpc) is 2.23. The highest BCUT2D eigenvalue weighted by molar-refractivity contribution is 7.89. The number of carboxylic acids is 1. The molecule has 98 valence electrons. The molecule has 1 aliphatic carbocycles. The predicted octanol–water partition coefficient (Wildman–Crippen LogP) is 1.63. The van der Waals surface area contributed by atoms with Crippen molar-refractivity contribution < 1.29 is 18.3 Å². The molecule has 0 atom stereocenters. The van der Waals surface area contributed by atoms with Gasteiger partial charge in [0.25, 0.3) is 0 Å². The van der Waals surface area contributed by atoms with Gasteiger partial charge in [-0.15, -0.1) is 0 Å². The normalized spacial score (nSPS) is 18.1. The highest BCUT2D eigenvalue weighted by Gasteiger charge is 2.47. The summed E-state index contributed by atoms with van der Waals surface area (Å²) in [6, 6.07) is 5.59. The summed E-state index contributed by atoms with van der Waals surface area (Å²) in [6.07, 6.45) is 1.33. The van der Waals surface area contributed by atoms with Gasteiger partial charge in [-0.1, -0.05) is 11.6 Å². The van der Waals surface area contributed by atoms with Gasteiger partial charge < -0.3 is 5.11 Å². The average molecular weight is 290 g/mol. The molecule has 0 aliphatic heterocycles. The molecule has 0 heterocycles. The van der Waals surface area contributed by atoms with Crippen LogP contribution < -0.4 is 4.72 Å². The number of hydrogen-bond donors (Lipinski definition) is 2. The number of halogens is 1. The Hall–Kier alpha value is -1.11. The van der Waals surface area contributed by atoms with Crippen molar-refractivity contribution in [2.24, 2.45) is 0 Å². The Labute approximate surface area is 110 Å². The summed E-state index contributed by atoms with van der Waals surface area (Å²) in [5, 5.41) is 9.51. The first-order valence-electron chi connectivity index (χ1n) is 5.39. The van der Waals surface area contributed by atoms with Crippen LogP contribution in [0.1, 0.15) is 19.3 Å². The molecule has 0 bridgehead atoms. The number of hydrogen-bond acceptors (Lipinski definition) is 3. The third kappa shape index (κ3) is 2.36.